The molecule has 1 heterocycles. The largest absolute Gasteiger partial charge is 0.493 e. The average Bonchev–Trinajstić information content (AvgIpc) is 3.33. The number of hydrogen-bond acceptors (Lipinski definition) is 5. The standard InChI is InChI=1S/C23H19F3N2O4S/c1-31-18-9-8-14(12-19(18)32-2)11-17(28-22(30)20-7-4-10-33-20)21(29)27-16-6-3-5-15(13-16)23(24,25)26/h3-13H,1-2H3,(H,27,29)(H,28,30). The first-order chi connectivity index (χ1) is 15.7. The first-order valence-electron chi connectivity index (χ1n) is 9.48. The normalized spacial score (nSPS) is 11.6. The summed E-state index contributed by atoms with van der Waals surface area (Å²) in [6.45, 7) is 0. The number of carbonyl (C=O) groups is 2. The first-order valence-corrected chi connectivity index (χ1v) is 10.4. The van der Waals surface area contributed by atoms with E-state index in [2.05, 4.69) is 10.6 Å². The van der Waals surface area contributed by atoms with Gasteiger partial charge in [0.25, 0.3) is 11.8 Å². The van der Waals surface area contributed by atoms with Crippen LogP contribution in [0.5, 0.6) is 11.5 Å². The van der Waals surface area contributed by atoms with Gasteiger partial charge in [-0.2, -0.15) is 13.2 Å². The van der Waals surface area contributed by atoms with Crippen LogP contribution in [0, 0.1) is 0 Å². The van der Waals surface area contributed by atoms with Gasteiger partial charge in [0.05, 0.1) is 24.7 Å². The average molecular weight is 476 g/mol. The lowest BCUT2D eigenvalue weighted by Gasteiger charge is -2.13. The molecule has 10 heteroatoms. The Labute approximate surface area is 191 Å². The molecule has 0 saturated heterocycles. The highest BCUT2D eigenvalue weighted by Gasteiger charge is 2.30. The predicted molar refractivity (Wildman–Crippen MR) is 119 cm³/mol. The monoisotopic (exact) mass is 476 g/mol. The summed E-state index contributed by atoms with van der Waals surface area (Å²) in [5.74, 6) is -0.467. The lowest BCUT2D eigenvalue weighted by molar-refractivity contribution is -0.137. The van der Waals surface area contributed by atoms with Gasteiger partial charge in [-0.25, -0.2) is 0 Å². The van der Waals surface area contributed by atoms with Gasteiger partial charge in [0.2, 0.25) is 0 Å². The van der Waals surface area contributed by atoms with Crippen molar-refractivity contribution in [3.8, 4) is 11.5 Å². The Kier molecular flexibility index (Phi) is 7.39. The minimum absolute atomic E-state index is 0.0709. The van der Waals surface area contributed by atoms with Crippen LogP contribution in [-0.4, -0.2) is 26.0 Å². The van der Waals surface area contributed by atoms with Crippen LogP contribution in [0.3, 0.4) is 0 Å². The lowest BCUT2D eigenvalue weighted by Crippen LogP contribution is -2.30. The van der Waals surface area contributed by atoms with Gasteiger partial charge in [0.15, 0.2) is 11.5 Å². The molecule has 3 aromatic rings. The summed E-state index contributed by atoms with van der Waals surface area (Å²) in [5, 5.41) is 6.63. The van der Waals surface area contributed by atoms with Crippen molar-refractivity contribution in [2.45, 2.75) is 6.18 Å². The van der Waals surface area contributed by atoms with Crippen molar-refractivity contribution in [2.75, 3.05) is 19.5 Å². The van der Waals surface area contributed by atoms with E-state index in [-0.39, 0.29) is 11.4 Å². The number of rotatable bonds is 7. The van der Waals surface area contributed by atoms with Crippen LogP contribution in [-0.2, 0) is 11.0 Å². The number of carbonyl (C=O) groups excluding carboxylic acids is 2. The maximum absolute atomic E-state index is 13.0. The minimum atomic E-state index is -4.56. The Morgan fingerprint density at radius 2 is 1.73 bits per heavy atom. The summed E-state index contributed by atoms with van der Waals surface area (Å²) in [5.41, 5.74) is -0.655. The van der Waals surface area contributed by atoms with Gasteiger partial charge in [-0.15, -0.1) is 11.3 Å². The van der Waals surface area contributed by atoms with E-state index in [0.717, 1.165) is 12.1 Å². The fraction of sp³-hybridized carbons (Fsp3) is 0.130. The van der Waals surface area contributed by atoms with Gasteiger partial charge in [-0.05, 0) is 53.4 Å². The van der Waals surface area contributed by atoms with E-state index in [9.17, 15) is 22.8 Å². The SMILES string of the molecule is COc1ccc(C=C(NC(=O)c2cccs2)C(=O)Nc2cccc(C(F)(F)F)c2)cc1OC. The second-order valence-corrected chi connectivity index (χ2v) is 7.58. The van der Waals surface area contributed by atoms with Crippen molar-refractivity contribution in [3.05, 3.63) is 81.7 Å². The molecule has 3 rings (SSSR count). The number of anilines is 1. The maximum atomic E-state index is 13.0. The van der Waals surface area contributed by atoms with Crippen molar-refractivity contribution in [1.29, 1.82) is 0 Å². The zero-order chi connectivity index (χ0) is 24.0. The smallest absolute Gasteiger partial charge is 0.416 e. The second-order valence-electron chi connectivity index (χ2n) is 6.64. The van der Waals surface area contributed by atoms with Crippen LogP contribution >= 0.6 is 11.3 Å². The molecule has 0 atom stereocenters. The molecule has 0 aliphatic carbocycles. The summed E-state index contributed by atoms with van der Waals surface area (Å²) in [4.78, 5) is 25.9. The summed E-state index contributed by atoms with van der Waals surface area (Å²) < 4.78 is 49.5. The molecule has 0 radical (unpaired) electrons. The first kappa shape index (κ1) is 23.9. The fourth-order valence-electron chi connectivity index (χ4n) is 2.83. The van der Waals surface area contributed by atoms with Crippen LogP contribution < -0.4 is 20.1 Å². The molecule has 2 amide bonds. The van der Waals surface area contributed by atoms with Crippen molar-refractivity contribution in [1.82, 2.24) is 5.32 Å². The molecule has 33 heavy (non-hydrogen) atoms. The summed E-state index contributed by atoms with van der Waals surface area (Å²) in [6, 6.07) is 12.3. The van der Waals surface area contributed by atoms with Crippen LogP contribution in [0.25, 0.3) is 6.08 Å². The molecule has 0 spiro atoms. The Morgan fingerprint density at radius 3 is 2.36 bits per heavy atom. The Morgan fingerprint density at radius 1 is 0.970 bits per heavy atom. The quantitative estimate of drug-likeness (QED) is 0.460. The lowest BCUT2D eigenvalue weighted by atomic mass is 10.1. The van der Waals surface area contributed by atoms with Crippen LogP contribution in [0.1, 0.15) is 20.8 Å². The molecule has 1 aromatic heterocycles. The van der Waals surface area contributed by atoms with E-state index < -0.39 is 23.6 Å². The van der Waals surface area contributed by atoms with E-state index in [1.165, 1.54) is 43.8 Å². The molecule has 0 unspecified atom stereocenters. The third kappa shape index (κ3) is 6.13. The number of nitrogens with one attached hydrogen (secondary N) is 2. The molecule has 0 fully saturated rings. The minimum Gasteiger partial charge on any atom is -0.493 e. The Balaban J connectivity index is 1.94. The molecular weight excluding hydrogens is 457 g/mol. The highest BCUT2D eigenvalue weighted by atomic mass is 32.1. The summed E-state index contributed by atoms with van der Waals surface area (Å²) in [7, 11) is 2.92. The zero-order valence-electron chi connectivity index (χ0n) is 17.5. The maximum Gasteiger partial charge on any atom is 0.416 e. The highest BCUT2D eigenvalue weighted by Crippen LogP contribution is 2.31. The van der Waals surface area contributed by atoms with Crippen molar-refractivity contribution in [3.63, 3.8) is 0 Å². The second kappa shape index (κ2) is 10.2. The molecule has 6 nitrogen and oxygen atoms in total. The molecule has 0 aliphatic rings. The number of halogens is 3. The van der Waals surface area contributed by atoms with Gasteiger partial charge in [-0.3, -0.25) is 9.59 Å². The number of amides is 2. The van der Waals surface area contributed by atoms with Gasteiger partial charge < -0.3 is 20.1 Å². The molecule has 0 aliphatic heterocycles. The van der Waals surface area contributed by atoms with E-state index in [1.54, 1.807) is 35.7 Å². The van der Waals surface area contributed by atoms with Crippen LogP contribution in [0.2, 0.25) is 0 Å². The number of thiophene rings is 1. The number of methoxy groups -OCH3 is 2. The number of benzene rings is 2. The van der Waals surface area contributed by atoms with Crippen LogP contribution in [0.4, 0.5) is 18.9 Å². The third-order valence-electron chi connectivity index (χ3n) is 4.40. The van der Waals surface area contributed by atoms with E-state index in [4.69, 9.17) is 9.47 Å². The molecular formula is C23H19F3N2O4S. The Hall–Kier alpha value is -3.79. The summed E-state index contributed by atoms with van der Waals surface area (Å²) >= 11 is 1.18. The number of hydrogen-bond donors (Lipinski definition) is 2. The van der Waals surface area contributed by atoms with Gasteiger partial charge in [-0.1, -0.05) is 18.2 Å². The van der Waals surface area contributed by atoms with Gasteiger partial charge in [0.1, 0.15) is 5.70 Å². The summed E-state index contributed by atoms with van der Waals surface area (Å²) in [6.07, 6.45) is -3.18. The van der Waals surface area contributed by atoms with Crippen molar-refractivity contribution < 1.29 is 32.2 Å². The van der Waals surface area contributed by atoms with Crippen molar-refractivity contribution >= 4 is 34.9 Å². The van der Waals surface area contributed by atoms with Gasteiger partial charge >= 0.3 is 6.18 Å². The van der Waals surface area contributed by atoms with Crippen LogP contribution in [0.15, 0.2) is 65.7 Å². The molecule has 172 valence electrons. The highest BCUT2D eigenvalue weighted by molar-refractivity contribution is 7.12. The zero-order valence-corrected chi connectivity index (χ0v) is 18.3. The van der Waals surface area contributed by atoms with E-state index in [1.807, 2.05) is 0 Å². The van der Waals surface area contributed by atoms with Gasteiger partial charge in [0, 0.05) is 5.69 Å². The molecule has 2 N–H and O–H groups in total. The molecule has 2 aromatic carbocycles. The fourth-order valence-corrected chi connectivity index (χ4v) is 3.45. The third-order valence-corrected chi connectivity index (χ3v) is 5.27. The number of alkyl halides is 3. The topological polar surface area (TPSA) is 76.7 Å². The van der Waals surface area contributed by atoms with E-state index >= 15 is 0 Å². The molecule has 0 bridgehead atoms. The Bertz CT molecular complexity index is 1170. The molecule has 0 saturated carbocycles. The predicted octanol–water partition coefficient (Wildman–Crippen LogP) is 5.19. The van der Waals surface area contributed by atoms with E-state index in [0.29, 0.717) is 21.9 Å². The number of ether oxygens (including phenoxy) is 2. The van der Waals surface area contributed by atoms with Crippen molar-refractivity contribution in [2.24, 2.45) is 0 Å².